The van der Waals surface area contributed by atoms with Gasteiger partial charge in [0, 0.05) is 29.2 Å². The van der Waals surface area contributed by atoms with E-state index in [-0.39, 0.29) is 18.1 Å². The van der Waals surface area contributed by atoms with E-state index in [4.69, 9.17) is 4.42 Å². The minimum absolute atomic E-state index is 0.0314. The van der Waals surface area contributed by atoms with Crippen LogP contribution in [0.2, 0.25) is 0 Å². The third kappa shape index (κ3) is 3.91. The van der Waals surface area contributed by atoms with Gasteiger partial charge in [0.25, 0.3) is 0 Å². The number of carbonyl (C=O) groups is 1. The van der Waals surface area contributed by atoms with Gasteiger partial charge in [0.05, 0.1) is 11.1 Å². The molecule has 154 valence electrons. The zero-order valence-corrected chi connectivity index (χ0v) is 15.9. The number of nitrogens with one attached hydrogen (secondary N) is 1. The largest absolute Gasteiger partial charge is 0.421 e. The van der Waals surface area contributed by atoms with Crippen molar-refractivity contribution in [3.8, 4) is 11.5 Å². The smallest absolute Gasteiger partial charge is 0.416 e. The second-order valence-electron chi connectivity index (χ2n) is 6.67. The van der Waals surface area contributed by atoms with Crippen LogP contribution in [-0.2, 0) is 23.9 Å². The average molecular weight is 414 g/mol. The molecule has 1 N–H and O–H groups in total. The normalized spacial score (nSPS) is 11.7. The van der Waals surface area contributed by atoms with Crippen molar-refractivity contribution in [3.63, 3.8) is 0 Å². The first-order valence-corrected chi connectivity index (χ1v) is 9.23. The van der Waals surface area contributed by atoms with Crippen LogP contribution in [0.3, 0.4) is 0 Å². The molecule has 0 spiro atoms. The number of anilines is 1. The van der Waals surface area contributed by atoms with Crippen LogP contribution in [0, 0.1) is 0 Å². The fraction of sp³-hybridized carbons (Fsp3) is 0.190. The molecule has 0 radical (unpaired) electrons. The highest BCUT2D eigenvalue weighted by Gasteiger charge is 2.30. The van der Waals surface area contributed by atoms with Gasteiger partial charge in [0.1, 0.15) is 6.54 Å². The number of fused-ring (bicyclic) bond motifs is 1. The van der Waals surface area contributed by atoms with Crippen LogP contribution in [0.5, 0.6) is 0 Å². The average Bonchev–Trinajstić information content (AvgIpc) is 3.33. The minimum Gasteiger partial charge on any atom is -0.421 e. The van der Waals surface area contributed by atoms with Gasteiger partial charge in [-0.1, -0.05) is 25.1 Å². The monoisotopic (exact) mass is 414 g/mol. The highest BCUT2D eigenvalue weighted by atomic mass is 19.4. The van der Waals surface area contributed by atoms with E-state index < -0.39 is 11.7 Å². The van der Waals surface area contributed by atoms with Crippen molar-refractivity contribution in [2.45, 2.75) is 26.1 Å². The van der Waals surface area contributed by atoms with E-state index in [0.29, 0.717) is 23.8 Å². The number of halogens is 3. The molecule has 0 aliphatic carbocycles. The molecule has 30 heavy (non-hydrogen) atoms. The van der Waals surface area contributed by atoms with Gasteiger partial charge < -0.3 is 14.3 Å². The second-order valence-corrected chi connectivity index (χ2v) is 6.67. The molecule has 1 amide bonds. The van der Waals surface area contributed by atoms with Crippen molar-refractivity contribution >= 4 is 22.5 Å². The van der Waals surface area contributed by atoms with Gasteiger partial charge in [0.2, 0.25) is 17.7 Å². The molecular formula is C21H17F3N4O2. The van der Waals surface area contributed by atoms with E-state index in [1.54, 1.807) is 10.8 Å². The van der Waals surface area contributed by atoms with Gasteiger partial charge >= 0.3 is 6.18 Å². The molecule has 2 heterocycles. The van der Waals surface area contributed by atoms with Gasteiger partial charge in [-0.15, -0.1) is 10.2 Å². The molecule has 4 rings (SSSR count). The Hall–Kier alpha value is -3.62. The van der Waals surface area contributed by atoms with Crippen molar-refractivity contribution in [2.24, 2.45) is 0 Å². The highest BCUT2D eigenvalue weighted by molar-refractivity contribution is 5.96. The Morgan fingerprint density at radius 2 is 1.83 bits per heavy atom. The van der Waals surface area contributed by atoms with Crippen molar-refractivity contribution in [2.75, 3.05) is 5.32 Å². The lowest BCUT2D eigenvalue weighted by molar-refractivity contribution is -0.137. The first-order valence-electron chi connectivity index (χ1n) is 9.23. The predicted octanol–water partition coefficient (Wildman–Crippen LogP) is 4.91. The third-order valence-electron chi connectivity index (χ3n) is 4.60. The topological polar surface area (TPSA) is 73.0 Å². The summed E-state index contributed by atoms with van der Waals surface area (Å²) in [6.07, 6.45) is -2.06. The maximum Gasteiger partial charge on any atom is 0.416 e. The van der Waals surface area contributed by atoms with Gasteiger partial charge in [-0.2, -0.15) is 13.2 Å². The molecule has 0 fully saturated rings. The molecule has 2 aromatic carbocycles. The van der Waals surface area contributed by atoms with Crippen LogP contribution in [0.4, 0.5) is 18.9 Å². The zero-order valence-electron chi connectivity index (χ0n) is 15.9. The van der Waals surface area contributed by atoms with E-state index in [0.717, 1.165) is 23.0 Å². The number of carbonyl (C=O) groups excluding carboxylic acids is 1. The van der Waals surface area contributed by atoms with Gasteiger partial charge in [-0.25, -0.2) is 0 Å². The maximum absolute atomic E-state index is 12.7. The number of aryl methyl sites for hydroxylation is 1. The fourth-order valence-corrected chi connectivity index (χ4v) is 3.15. The Balaban J connectivity index is 1.57. The Labute approximate surface area is 169 Å². The lowest BCUT2D eigenvalue weighted by atomic mass is 10.2. The molecule has 0 aliphatic heterocycles. The van der Waals surface area contributed by atoms with Crippen LogP contribution in [0.25, 0.3) is 22.4 Å². The number of para-hydroxylation sites is 1. The van der Waals surface area contributed by atoms with E-state index in [1.807, 2.05) is 31.2 Å². The van der Waals surface area contributed by atoms with Crippen LogP contribution >= 0.6 is 0 Å². The van der Waals surface area contributed by atoms with Crippen LogP contribution < -0.4 is 5.32 Å². The van der Waals surface area contributed by atoms with Crippen LogP contribution in [0.15, 0.2) is 59.1 Å². The summed E-state index contributed by atoms with van der Waals surface area (Å²) in [5.41, 5.74) is 1.02. The molecule has 0 saturated heterocycles. The fourth-order valence-electron chi connectivity index (χ4n) is 3.15. The third-order valence-corrected chi connectivity index (χ3v) is 4.60. The number of hydrogen-bond acceptors (Lipinski definition) is 4. The van der Waals surface area contributed by atoms with Gasteiger partial charge in [-0.3, -0.25) is 4.79 Å². The number of rotatable bonds is 5. The molecule has 0 bridgehead atoms. The zero-order chi connectivity index (χ0) is 21.3. The van der Waals surface area contributed by atoms with Crippen LogP contribution in [-0.4, -0.2) is 20.7 Å². The molecule has 6 nitrogen and oxygen atoms in total. The Bertz CT molecular complexity index is 1190. The molecule has 0 atom stereocenters. The molecule has 0 saturated carbocycles. The number of hydrogen-bond donors (Lipinski definition) is 1. The lowest BCUT2D eigenvalue weighted by Crippen LogP contribution is -2.18. The summed E-state index contributed by atoms with van der Waals surface area (Å²) in [5, 5.41) is 11.5. The molecule has 0 unspecified atom stereocenters. The van der Waals surface area contributed by atoms with Crippen molar-refractivity contribution in [3.05, 3.63) is 66.2 Å². The maximum atomic E-state index is 12.7. The van der Waals surface area contributed by atoms with Crippen LogP contribution in [0.1, 0.15) is 18.4 Å². The standard InChI is InChI=1S/C21H17F3N4O2/c1-2-19-26-27-20(30-19)16-11-28(17-6-4-3-5-15(16)17)12-18(29)25-14-9-7-13(8-10-14)21(22,23)24/h3-11H,2,12H2,1H3,(H,25,29). The number of alkyl halides is 3. The minimum atomic E-state index is -4.42. The van der Waals surface area contributed by atoms with Gasteiger partial charge in [-0.05, 0) is 30.3 Å². The summed E-state index contributed by atoms with van der Waals surface area (Å²) < 4.78 is 45.4. The number of benzene rings is 2. The van der Waals surface area contributed by atoms with Crippen molar-refractivity contribution < 1.29 is 22.4 Å². The van der Waals surface area contributed by atoms with E-state index in [9.17, 15) is 18.0 Å². The summed E-state index contributed by atoms with van der Waals surface area (Å²) in [6.45, 7) is 1.88. The number of nitrogens with zero attached hydrogens (tertiary/aromatic N) is 3. The first-order chi connectivity index (χ1) is 14.3. The molecule has 0 aliphatic rings. The Kier molecular flexibility index (Phi) is 5.03. The molecule has 9 heteroatoms. The van der Waals surface area contributed by atoms with Crippen molar-refractivity contribution in [1.82, 2.24) is 14.8 Å². The second kappa shape index (κ2) is 7.66. The lowest BCUT2D eigenvalue weighted by Gasteiger charge is -2.09. The van der Waals surface area contributed by atoms with E-state index in [2.05, 4.69) is 15.5 Å². The summed E-state index contributed by atoms with van der Waals surface area (Å²) in [6, 6.07) is 11.8. The molecular weight excluding hydrogens is 397 g/mol. The molecule has 4 aromatic rings. The quantitative estimate of drug-likeness (QED) is 0.504. The van der Waals surface area contributed by atoms with E-state index >= 15 is 0 Å². The summed E-state index contributed by atoms with van der Waals surface area (Å²) >= 11 is 0. The van der Waals surface area contributed by atoms with E-state index in [1.165, 1.54) is 12.1 Å². The summed E-state index contributed by atoms with van der Waals surface area (Å²) in [4.78, 5) is 12.5. The summed E-state index contributed by atoms with van der Waals surface area (Å²) in [5.74, 6) is 0.508. The number of amides is 1. The number of aromatic nitrogens is 3. The van der Waals surface area contributed by atoms with Gasteiger partial charge in [0.15, 0.2) is 0 Å². The Morgan fingerprint density at radius 3 is 2.50 bits per heavy atom. The first kappa shape index (κ1) is 19.7. The Morgan fingerprint density at radius 1 is 1.10 bits per heavy atom. The predicted molar refractivity (Wildman–Crippen MR) is 105 cm³/mol. The SMILES string of the molecule is CCc1nnc(-c2cn(CC(=O)Nc3ccc(C(F)(F)F)cc3)c3ccccc23)o1. The molecule has 2 aromatic heterocycles. The van der Waals surface area contributed by atoms with Crippen molar-refractivity contribution in [1.29, 1.82) is 0 Å². The summed E-state index contributed by atoms with van der Waals surface area (Å²) in [7, 11) is 0. The highest BCUT2D eigenvalue weighted by Crippen LogP contribution is 2.31.